The molecule has 2 heterocycles. The maximum atomic E-state index is 12.3. The van der Waals surface area contributed by atoms with Crippen molar-refractivity contribution in [3.63, 3.8) is 0 Å². The molecule has 0 radical (unpaired) electrons. The number of carbonyl (C=O) groups is 2. The summed E-state index contributed by atoms with van der Waals surface area (Å²) in [6.45, 7) is 3.24. The Labute approximate surface area is 154 Å². The van der Waals surface area contributed by atoms with Crippen LogP contribution >= 0.6 is 11.8 Å². The van der Waals surface area contributed by atoms with E-state index in [-0.39, 0.29) is 11.7 Å². The zero-order chi connectivity index (χ0) is 18.5. The molecule has 2 aromatic heterocycles. The monoisotopic (exact) mass is 368 g/mol. The number of carbonyl (C=O) groups excluding carboxylic acids is 2. The minimum Gasteiger partial charge on any atom is -0.411 e. The van der Waals surface area contributed by atoms with Crippen LogP contribution in [0, 0.1) is 0 Å². The fourth-order valence-electron chi connectivity index (χ4n) is 2.10. The van der Waals surface area contributed by atoms with Crippen LogP contribution in [0.1, 0.15) is 24.2 Å². The number of aromatic nitrogens is 3. The van der Waals surface area contributed by atoms with Gasteiger partial charge in [-0.15, -0.1) is 10.2 Å². The number of anilines is 1. The number of hydrogen-bond donors (Lipinski definition) is 1. The van der Waals surface area contributed by atoms with Crippen molar-refractivity contribution < 1.29 is 14.0 Å². The molecule has 0 bridgehead atoms. The van der Waals surface area contributed by atoms with Crippen LogP contribution in [-0.2, 0) is 4.79 Å². The van der Waals surface area contributed by atoms with Crippen molar-refractivity contribution in [2.75, 3.05) is 5.32 Å². The number of thioether (sulfide) groups is 1. The Morgan fingerprint density at radius 2 is 1.92 bits per heavy atom. The van der Waals surface area contributed by atoms with E-state index in [0.29, 0.717) is 22.4 Å². The summed E-state index contributed by atoms with van der Waals surface area (Å²) in [6, 6.07) is 10.3. The van der Waals surface area contributed by atoms with Crippen molar-refractivity contribution in [2.45, 2.75) is 24.3 Å². The van der Waals surface area contributed by atoms with Crippen LogP contribution in [0.4, 0.5) is 5.69 Å². The van der Waals surface area contributed by atoms with Crippen molar-refractivity contribution in [1.29, 1.82) is 0 Å². The third-order valence-electron chi connectivity index (χ3n) is 3.52. The van der Waals surface area contributed by atoms with Crippen molar-refractivity contribution in [1.82, 2.24) is 15.2 Å². The minimum atomic E-state index is -0.440. The van der Waals surface area contributed by atoms with Gasteiger partial charge in [-0.05, 0) is 50.2 Å². The van der Waals surface area contributed by atoms with Gasteiger partial charge >= 0.3 is 0 Å². The Hall–Kier alpha value is -3.00. The maximum absolute atomic E-state index is 12.3. The molecule has 1 atom stereocenters. The third kappa shape index (κ3) is 4.34. The molecule has 0 saturated carbocycles. The first-order valence-electron chi connectivity index (χ1n) is 7.85. The van der Waals surface area contributed by atoms with E-state index in [0.717, 1.165) is 5.56 Å². The van der Waals surface area contributed by atoms with E-state index in [1.165, 1.54) is 18.7 Å². The van der Waals surface area contributed by atoms with Gasteiger partial charge in [0, 0.05) is 23.6 Å². The highest BCUT2D eigenvalue weighted by molar-refractivity contribution is 8.00. The summed E-state index contributed by atoms with van der Waals surface area (Å²) >= 11 is 1.17. The molecular formula is C18H16N4O3S. The Morgan fingerprint density at radius 1 is 1.15 bits per heavy atom. The lowest BCUT2D eigenvalue weighted by Gasteiger charge is -2.10. The molecule has 26 heavy (non-hydrogen) atoms. The number of benzene rings is 1. The summed E-state index contributed by atoms with van der Waals surface area (Å²) in [4.78, 5) is 27.6. The molecular weight excluding hydrogens is 352 g/mol. The molecule has 1 N–H and O–H groups in total. The number of ketones is 1. The van der Waals surface area contributed by atoms with Gasteiger partial charge in [-0.2, -0.15) is 0 Å². The number of Topliss-reactive ketones (excluding diaryl/α,β-unsaturated/α-hetero) is 1. The lowest BCUT2D eigenvalue weighted by molar-refractivity contribution is -0.115. The largest absolute Gasteiger partial charge is 0.411 e. The first-order valence-corrected chi connectivity index (χ1v) is 8.73. The second-order valence-corrected chi connectivity index (χ2v) is 6.79. The van der Waals surface area contributed by atoms with Crippen LogP contribution in [-0.4, -0.2) is 32.1 Å². The number of hydrogen-bond acceptors (Lipinski definition) is 7. The zero-order valence-corrected chi connectivity index (χ0v) is 15.0. The van der Waals surface area contributed by atoms with Gasteiger partial charge in [0.05, 0.1) is 10.8 Å². The van der Waals surface area contributed by atoms with E-state index in [9.17, 15) is 9.59 Å². The second kappa shape index (κ2) is 7.92. The highest BCUT2D eigenvalue weighted by atomic mass is 32.2. The van der Waals surface area contributed by atoms with E-state index >= 15 is 0 Å². The van der Waals surface area contributed by atoms with Gasteiger partial charge in [0.15, 0.2) is 5.78 Å². The highest BCUT2D eigenvalue weighted by Gasteiger charge is 2.19. The molecule has 0 aliphatic rings. The molecule has 1 amide bonds. The summed E-state index contributed by atoms with van der Waals surface area (Å²) in [6.07, 6.45) is 3.29. The van der Waals surface area contributed by atoms with Crippen LogP contribution in [0.3, 0.4) is 0 Å². The van der Waals surface area contributed by atoms with E-state index in [2.05, 4.69) is 20.5 Å². The molecule has 0 spiro atoms. The Bertz CT molecular complexity index is 910. The molecule has 132 valence electrons. The van der Waals surface area contributed by atoms with Crippen molar-refractivity contribution in [3.05, 3.63) is 54.4 Å². The third-order valence-corrected chi connectivity index (χ3v) is 4.45. The van der Waals surface area contributed by atoms with E-state index in [1.807, 2.05) is 6.07 Å². The number of nitrogens with one attached hydrogen (secondary N) is 1. The normalized spacial score (nSPS) is 11.8. The summed E-state index contributed by atoms with van der Waals surface area (Å²) < 4.78 is 5.57. The van der Waals surface area contributed by atoms with Gasteiger partial charge in [0.25, 0.3) is 5.22 Å². The number of amides is 1. The van der Waals surface area contributed by atoms with Crippen LogP contribution in [0.5, 0.6) is 0 Å². The molecule has 0 aliphatic carbocycles. The number of rotatable bonds is 6. The van der Waals surface area contributed by atoms with Crippen molar-refractivity contribution in [2.24, 2.45) is 0 Å². The average molecular weight is 368 g/mol. The van der Waals surface area contributed by atoms with E-state index in [1.54, 1.807) is 49.6 Å². The highest BCUT2D eigenvalue weighted by Crippen LogP contribution is 2.26. The van der Waals surface area contributed by atoms with Gasteiger partial charge < -0.3 is 9.73 Å². The fourth-order valence-corrected chi connectivity index (χ4v) is 2.78. The van der Waals surface area contributed by atoms with Crippen LogP contribution in [0.2, 0.25) is 0 Å². The summed E-state index contributed by atoms with van der Waals surface area (Å²) in [5, 5.41) is 10.6. The van der Waals surface area contributed by atoms with E-state index in [4.69, 9.17) is 4.42 Å². The molecule has 0 aliphatic heterocycles. The zero-order valence-electron chi connectivity index (χ0n) is 14.2. The minimum absolute atomic E-state index is 0.0207. The molecule has 3 rings (SSSR count). The second-order valence-electron chi connectivity index (χ2n) is 5.50. The topological polar surface area (TPSA) is 98.0 Å². The summed E-state index contributed by atoms with van der Waals surface area (Å²) in [5.41, 5.74) is 1.93. The first kappa shape index (κ1) is 17.8. The molecule has 0 saturated heterocycles. The lowest BCUT2D eigenvalue weighted by atomic mass is 10.1. The van der Waals surface area contributed by atoms with Crippen molar-refractivity contribution in [3.8, 4) is 11.5 Å². The Kier molecular flexibility index (Phi) is 5.43. The van der Waals surface area contributed by atoms with Gasteiger partial charge in [-0.3, -0.25) is 14.6 Å². The molecule has 7 nitrogen and oxygen atoms in total. The summed E-state index contributed by atoms with van der Waals surface area (Å²) in [5.74, 6) is 0.132. The number of nitrogens with zero attached hydrogens (tertiary/aromatic N) is 3. The number of pyridine rings is 1. The smallest absolute Gasteiger partial charge is 0.277 e. The molecule has 1 aromatic carbocycles. The van der Waals surface area contributed by atoms with Crippen LogP contribution in [0.15, 0.2) is 58.4 Å². The van der Waals surface area contributed by atoms with Crippen molar-refractivity contribution >= 4 is 29.1 Å². The van der Waals surface area contributed by atoms with Crippen LogP contribution in [0.25, 0.3) is 11.5 Å². The predicted molar refractivity (Wildman–Crippen MR) is 97.9 cm³/mol. The fraction of sp³-hybridized carbons (Fsp3) is 0.167. The molecule has 0 unspecified atom stereocenters. The molecule has 8 heteroatoms. The first-order chi connectivity index (χ1) is 12.5. The maximum Gasteiger partial charge on any atom is 0.277 e. The quantitative estimate of drug-likeness (QED) is 0.525. The molecule has 0 fully saturated rings. The standard InChI is InChI=1S/C18H16N4O3S/c1-11(23)13-5-7-15(8-6-13)20-16(24)12(2)26-18-22-21-17(25-18)14-4-3-9-19-10-14/h3-10,12H,1-2H3,(H,20,24)/t12-/m0/s1. The van der Waals surface area contributed by atoms with Gasteiger partial charge in [0.1, 0.15) is 0 Å². The van der Waals surface area contributed by atoms with Gasteiger partial charge in [-0.25, -0.2) is 0 Å². The van der Waals surface area contributed by atoms with Gasteiger partial charge in [0.2, 0.25) is 11.8 Å². The Morgan fingerprint density at radius 3 is 2.58 bits per heavy atom. The predicted octanol–water partition coefficient (Wildman–Crippen LogP) is 3.45. The van der Waals surface area contributed by atoms with Gasteiger partial charge in [-0.1, -0.05) is 11.8 Å². The summed E-state index contributed by atoms with van der Waals surface area (Å²) in [7, 11) is 0. The Balaban J connectivity index is 1.61. The molecule has 3 aromatic rings. The lowest BCUT2D eigenvalue weighted by Crippen LogP contribution is -2.22. The van der Waals surface area contributed by atoms with Crippen LogP contribution < -0.4 is 5.32 Å². The van der Waals surface area contributed by atoms with E-state index < -0.39 is 5.25 Å². The SMILES string of the molecule is CC(=O)c1ccc(NC(=O)[C@H](C)Sc2nnc(-c3cccnc3)o2)cc1. The average Bonchev–Trinajstić information content (AvgIpc) is 3.11.